The van der Waals surface area contributed by atoms with E-state index in [9.17, 15) is 22.8 Å². The summed E-state index contributed by atoms with van der Waals surface area (Å²) in [6.07, 6.45) is -2.56. The van der Waals surface area contributed by atoms with Crippen LogP contribution in [0.4, 0.5) is 13.2 Å². The third-order valence-electron chi connectivity index (χ3n) is 5.73. The van der Waals surface area contributed by atoms with Crippen LogP contribution in [-0.4, -0.2) is 14.3 Å². The number of aromatic amines is 1. The van der Waals surface area contributed by atoms with Crippen LogP contribution < -0.4 is 16.2 Å². The van der Waals surface area contributed by atoms with E-state index in [2.05, 4.69) is 4.98 Å². The molecule has 184 valence electrons. The molecule has 0 unspecified atom stereocenters. The lowest BCUT2D eigenvalue weighted by Gasteiger charge is -2.11. The molecule has 5 rings (SSSR count). The van der Waals surface area contributed by atoms with Crippen LogP contribution in [0, 0.1) is 0 Å². The molecule has 0 aliphatic heterocycles. The predicted octanol–water partition coefficient (Wildman–Crippen LogP) is 4.78. The summed E-state index contributed by atoms with van der Waals surface area (Å²) in [4.78, 5) is 25.5. The second-order valence-electron chi connectivity index (χ2n) is 8.28. The summed E-state index contributed by atoms with van der Waals surface area (Å²) < 4.78 is 52.7. The SMILES string of the molecule is O=c1[nH]c(=O)n(Cc2cn(Cc3ccccc3)c3ccc(OCc4cccc(C(F)(F)F)c4)cc23)o1. The van der Waals surface area contributed by atoms with Crippen LogP contribution >= 0.6 is 0 Å². The summed E-state index contributed by atoms with van der Waals surface area (Å²) in [5.41, 5.74) is 1.60. The van der Waals surface area contributed by atoms with Gasteiger partial charge >= 0.3 is 17.6 Å². The zero-order valence-corrected chi connectivity index (χ0v) is 18.8. The number of halogens is 3. The van der Waals surface area contributed by atoms with E-state index in [0.29, 0.717) is 23.4 Å². The van der Waals surface area contributed by atoms with E-state index in [1.807, 2.05) is 47.2 Å². The van der Waals surface area contributed by atoms with Gasteiger partial charge in [0.15, 0.2) is 0 Å². The smallest absolute Gasteiger partial charge is 0.440 e. The van der Waals surface area contributed by atoms with Gasteiger partial charge in [0.1, 0.15) is 12.4 Å². The molecule has 2 aromatic heterocycles. The van der Waals surface area contributed by atoms with Gasteiger partial charge in [0.05, 0.1) is 12.1 Å². The number of benzene rings is 3. The normalized spacial score (nSPS) is 11.8. The summed E-state index contributed by atoms with van der Waals surface area (Å²) in [5, 5.41) is 0.753. The lowest BCUT2D eigenvalue weighted by molar-refractivity contribution is -0.137. The number of aromatic nitrogens is 3. The molecule has 5 aromatic rings. The molecule has 0 fully saturated rings. The van der Waals surface area contributed by atoms with Crippen molar-refractivity contribution in [2.75, 3.05) is 0 Å². The first-order valence-electron chi connectivity index (χ1n) is 11.0. The zero-order chi connectivity index (χ0) is 25.3. The minimum atomic E-state index is -4.43. The van der Waals surface area contributed by atoms with Crippen molar-refractivity contribution in [3.05, 3.63) is 122 Å². The molecule has 0 saturated heterocycles. The Balaban J connectivity index is 1.47. The number of rotatable bonds is 7. The van der Waals surface area contributed by atoms with E-state index < -0.39 is 23.2 Å². The average Bonchev–Trinajstić information content (AvgIpc) is 3.36. The number of hydrogen-bond donors (Lipinski definition) is 1. The largest absolute Gasteiger partial charge is 0.489 e. The third-order valence-corrected chi connectivity index (χ3v) is 5.73. The Bertz CT molecular complexity index is 1630. The first-order chi connectivity index (χ1) is 17.3. The summed E-state index contributed by atoms with van der Waals surface area (Å²) in [6.45, 7) is 0.516. The van der Waals surface area contributed by atoms with Gasteiger partial charge in [-0.2, -0.15) is 13.2 Å². The second-order valence-corrected chi connectivity index (χ2v) is 8.28. The van der Waals surface area contributed by atoms with Gasteiger partial charge in [0.25, 0.3) is 0 Å². The topological polar surface area (TPSA) is 82.2 Å². The van der Waals surface area contributed by atoms with E-state index in [1.165, 1.54) is 6.07 Å². The zero-order valence-electron chi connectivity index (χ0n) is 18.8. The molecule has 0 atom stereocenters. The summed E-state index contributed by atoms with van der Waals surface area (Å²) in [5.74, 6) is -0.403. The van der Waals surface area contributed by atoms with Gasteiger partial charge < -0.3 is 13.8 Å². The number of fused-ring (bicyclic) bond motifs is 1. The molecule has 0 saturated carbocycles. The first kappa shape index (κ1) is 23.3. The fourth-order valence-electron chi connectivity index (χ4n) is 4.05. The van der Waals surface area contributed by atoms with E-state index >= 15 is 0 Å². The molecule has 2 heterocycles. The van der Waals surface area contributed by atoms with Crippen molar-refractivity contribution in [2.45, 2.75) is 25.9 Å². The van der Waals surface area contributed by atoms with Crippen LogP contribution in [0.3, 0.4) is 0 Å². The minimum absolute atomic E-state index is 0.00689. The van der Waals surface area contributed by atoms with Crippen molar-refractivity contribution >= 4 is 10.9 Å². The van der Waals surface area contributed by atoms with Crippen LogP contribution in [0.25, 0.3) is 10.9 Å². The van der Waals surface area contributed by atoms with Gasteiger partial charge in [0, 0.05) is 29.2 Å². The molecule has 0 radical (unpaired) electrons. The Hall–Kier alpha value is -4.47. The van der Waals surface area contributed by atoms with Crippen LogP contribution in [0.1, 0.15) is 22.3 Å². The summed E-state index contributed by atoms with van der Waals surface area (Å²) in [6, 6.07) is 20.1. The van der Waals surface area contributed by atoms with E-state index in [0.717, 1.165) is 33.3 Å². The lowest BCUT2D eigenvalue weighted by Crippen LogP contribution is -2.17. The minimum Gasteiger partial charge on any atom is -0.489 e. The van der Waals surface area contributed by atoms with Gasteiger partial charge in [-0.3, -0.25) is 0 Å². The molecular weight excluding hydrogens is 475 g/mol. The molecule has 0 spiro atoms. The van der Waals surface area contributed by atoms with Gasteiger partial charge in [0.2, 0.25) is 0 Å². The summed E-state index contributed by atoms with van der Waals surface area (Å²) >= 11 is 0. The number of alkyl halides is 3. The lowest BCUT2D eigenvalue weighted by atomic mass is 10.1. The molecular formula is C26H20F3N3O4. The van der Waals surface area contributed by atoms with Crippen molar-refractivity contribution in [1.82, 2.24) is 14.3 Å². The third kappa shape index (κ3) is 4.97. The summed E-state index contributed by atoms with van der Waals surface area (Å²) in [7, 11) is 0. The first-order valence-corrected chi connectivity index (χ1v) is 11.0. The van der Waals surface area contributed by atoms with Gasteiger partial charge in [-0.15, -0.1) is 4.74 Å². The highest BCUT2D eigenvalue weighted by Crippen LogP contribution is 2.31. The standard InChI is InChI=1S/C26H20F3N3O4/c27-26(28,29)20-8-4-7-18(11-20)16-35-21-9-10-23-22(12-21)19(15-32-24(33)30-25(34)36-32)14-31(23)13-17-5-2-1-3-6-17/h1-12,14H,13,15-16H2,(H,30,33,34). The van der Waals surface area contributed by atoms with Crippen molar-refractivity contribution < 1.29 is 22.4 Å². The molecule has 0 bridgehead atoms. The van der Waals surface area contributed by atoms with Crippen molar-refractivity contribution in [2.24, 2.45) is 0 Å². The maximum atomic E-state index is 13.0. The Labute approximate surface area is 201 Å². The highest BCUT2D eigenvalue weighted by molar-refractivity contribution is 5.85. The molecule has 36 heavy (non-hydrogen) atoms. The molecule has 0 aliphatic carbocycles. The fourth-order valence-corrected chi connectivity index (χ4v) is 4.05. The Morgan fingerprint density at radius 2 is 1.67 bits per heavy atom. The van der Waals surface area contributed by atoms with Crippen LogP contribution in [0.2, 0.25) is 0 Å². The quantitative estimate of drug-likeness (QED) is 0.352. The van der Waals surface area contributed by atoms with Gasteiger partial charge in [-0.25, -0.2) is 14.6 Å². The van der Waals surface area contributed by atoms with Crippen molar-refractivity contribution in [1.29, 1.82) is 0 Å². The van der Waals surface area contributed by atoms with E-state index in [-0.39, 0.29) is 13.2 Å². The average molecular weight is 495 g/mol. The number of hydrogen-bond acceptors (Lipinski definition) is 4. The molecule has 10 heteroatoms. The molecule has 1 N–H and O–H groups in total. The van der Waals surface area contributed by atoms with Crippen LogP contribution in [0.15, 0.2) is 93.1 Å². The molecule has 7 nitrogen and oxygen atoms in total. The molecule has 0 aliphatic rings. The molecule has 3 aromatic carbocycles. The van der Waals surface area contributed by atoms with Gasteiger partial charge in [-0.1, -0.05) is 42.5 Å². The number of H-pyrrole nitrogens is 1. The van der Waals surface area contributed by atoms with Crippen LogP contribution in [0.5, 0.6) is 5.75 Å². The highest BCUT2D eigenvalue weighted by Gasteiger charge is 2.30. The molecule has 0 amide bonds. The fraction of sp³-hybridized carbons (Fsp3) is 0.154. The maximum Gasteiger partial charge on any atom is 0.440 e. The van der Waals surface area contributed by atoms with E-state index in [1.54, 1.807) is 18.2 Å². The highest BCUT2D eigenvalue weighted by atomic mass is 19.4. The van der Waals surface area contributed by atoms with Crippen molar-refractivity contribution in [3.8, 4) is 5.75 Å². The number of nitrogens with one attached hydrogen (secondary N) is 1. The van der Waals surface area contributed by atoms with Gasteiger partial charge in [-0.05, 0) is 41.5 Å². The Morgan fingerprint density at radius 3 is 2.39 bits per heavy atom. The Kier molecular flexibility index (Phi) is 6.01. The predicted molar refractivity (Wildman–Crippen MR) is 126 cm³/mol. The number of ether oxygens (including phenoxy) is 1. The monoisotopic (exact) mass is 495 g/mol. The van der Waals surface area contributed by atoms with E-state index in [4.69, 9.17) is 9.26 Å². The maximum absolute atomic E-state index is 13.0. The Morgan fingerprint density at radius 1 is 0.889 bits per heavy atom. The van der Waals surface area contributed by atoms with Crippen molar-refractivity contribution in [3.63, 3.8) is 0 Å². The van der Waals surface area contributed by atoms with Crippen LogP contribution in [-0.2, 0) is 25.9 Å². The number of nitrogens with zero attached hydrogens (tertiary/aromatic N) is 2. The second kappa shape index (κ2) is 9.29.